The second-order valence-corrected chi connectivity index (χ2v) is 4.29. The van der Waals surface area contributed by atoms with Crippen LogP contribution in [0.4, 0.5) is 0 Å². The van der Waals surface area contributed by atoms with Crippen LogP contribution in [0.3, 0.4) is 0 Å². The number of phenolic OH excluding ortho intramolecular Hbond substituents is 1. The summed E-state index contributed by atoms with van der Waals surface area (Å²) in [5.41, 5.74) is 0.839. The van der Waals surface area contributed by atoms with E-state index in [0.29, 0.717) is 24.9 Å². The van der Waals surface area contributed by atoms with Crippen LogP contribution in [0.25, 0.3) is 0 Å². The van der Waals surface area contributed by atoms with Gasteiger partial charge in [-0.05, 0) is 12.5 Å². The van der Waals surface area contributed by atoms with Crippen LogP contribution in [0.5, 0.6) is 11.5 Å². The number of benzene rings is 1. The minimum Gasteiger partial charge on any atom is -0.504 e. The maximum atomic E-state index is 9.97. The van der Waals surface area contributed by atoms with E-state index in [1.807, 2.05) is 12.1 Å². The third-order valence-corrected chi connectivity index (χ3v) is 2.89. The summed E-state index contributed by atoms with van der Waals surface area (Å²) in [4.78, 5) is 0. The molecule has 0 bridgehead atoms. The maximum Gasteiger partial charge on any atom is 0.162 e. The predicted molar refractivity (Wildman–Crippen MR) is 72.1 cm³/mol. The summed E-state index contributed by atoms with van der Waals surface area (Å²) in [5, 5.41) is 13.4. The van der Waals surface area contributed by atoms with Gasteiger partial charge >= 0.3 is 0 Å². The molecular formula is C14H23NO3. The van der Waals surface area contributed by atoms with Crippen LogP contribution in [0.2, 0.25) is 0 Å². The minimum atomic E-state index is 0.208. The van der Waals surface area contributed by atoms with Gasteiger partial charge in [0, 0.05) is 25.3 Å². The van der Waals surface area contributed by atoms with Gasteiger partial charge in [0.25, 0.3) is 0 Å². The number of para-hydroxylation sites is 1. The third-order valence-electron chi connectivity index (χ3n) is 2.89. The van der Waals surface area contributed by atoms with Gasteiger partial charge < -0.3 is 19.9 Å². The normalized spacial score (nSPS) is 12.4. The van der Waals surface area contributed by atoms with Crippen molar-refractivity contribution in [2.45, 2.75) is 32.4 Å². The zero-order valence-corrected chi connectivity index (χ0v) is 11.4. The maximum absolute atomic E-state index is 9.97. The Balaban J connectivity index is 2.61. The molecule has 0 aromatic heterocycles. The van der Waals surface area contributed by atoms with Crippen LogP contribution in [0.1, 0.15) is 25.3 Å². The molecule has 2 N–H and O–H groups in total. The number of aromatic hydroxyl groups is 1. The van der Waals surface area contributed by atoms with Gasteiger partial charge in [-0.25, -0.2) is 0 Å². The molecule has 0 amide bonds. The van der Waals surface area contributed by atoms with Gasteiger partial charge in [-0.2, -0.15) is 0 Å². The quantitative estimate of drug-likeness (QED) is 0.746. The van der Waals surface area contributed by atoms with Crippen LogP contribution in [-0.2, 0) is 11.3 Å². The van der Waals surface area contributed by atoms with E-state index in [4.69, 9.17) is 9.47 Å². The molecule has 0 saturated carbocycles. The highest BCUT2D eigenvalue weighted by atomic mass is 16.5. The lowest BCUT2D eigenvalue weighted by Gasteiger charge is -2.18. The van der Waals surface area contributed by atoms with Gasteiger partial charge in [-0.1, -0.05) is 25.5 Å². The average molecular weight is 253 g/mol. The van der Waals surface area contributed by atoms with Crippen molar-refractivity contribution in [3.05, 3.63) is 23.8 Å². The lowest BCUT2D eigenvalue weighted by Crippen LogP contribution is -2.32. The summed E-state index contributed by atoms with van der Waals surface area (Å²) in [5.74, 6) is 0.716. The summed E-state index contributed by atoms with van der Waals surface area (Å²) in [6.45, 7) is 3.43. The number of rotatable bonds is 8. The standard InChI is InChI=1S/C14H23NO3/c1-4-6-12(10-17-2)15-9-11-7-5-8-13(18-3)14(11)16/h5,7-8,12,15-16H,4,6,9-10H2,1-3H3. The van der Waals surface area contributed by atoms with E-state index in [1.165, 1.54) is 0 Å². The Hall–Kier alpha value is -1.26. The van der Waals surface area contributed by atoms with Gasteiger partial charge in [-0.3, -0.25) is 0 Å². The minimum absolute atomic E-state index is 0.208. The van der Waals surface area contributed by atoms with Crippen molar-refractivity contribution in [1.82, 2.24) is 5.32 Å². The Morgan fingerprint density at radius 3 is 2.72 bits per heavy atom. The molecule has 1 rings (SSSR count). The lowest BCUT2D eigenvalue weighted by molar-refractivity contribution is 0.161. The Labute approximate surface area is 109 Å². The third kappa shape index (κ3) is 4.20. The average Bonchev–Trinajstić information content (AvgIpc) is 2.38. The zero-order chi connectivity index (χ0) is 13.4. The van der Waals surface area contributed by atoms with Gasteiger partial charge in [0.2, 0.25) is 0 Å². The van der Waals surface area contributed by atoms with Crippen molar-refractivity contribution in [2.24, 2.45) is 0 Å². The molecule has 1 aromatic carbocycles. The first kappa shape index (κ1) is 14.8. The van der Waals surface area contributed by atoms with Crippen LogP contribution in [0, 0.1) is 0 Å². The lowest BCUT2D eigenvalue weighted by atomic mass is 10.1. The molecule has 1 unspecified atom stereocenters. The topological polar surface area (TPSA) is 50.7 Å². The van der Waals surface area contributed by atoms with Crippen molar-refractivity contribution in [1.29, 1.82) is 0 Å². The first-order valence-corrected chi connectivity index (χ1v) is 6.30. The fraction of sp³-hybridized carbons (Fsp3) is 0.571. The van der Waals surface area contributed by atoms with E-state index in [1.54, 1.807) is 20.3 Å². The van der Waals surface area contributed by atoms with Crippen molar-refractivity contribution in [2.75, 3.05) is 20.8 Å². The predicted octanol–water partition coefficient (Wildman–Crippen LogP) is 2.31. The molecule has 0 fully saturated rings. The molecule has 18 heavy (non-hydrogen) atoms. The molecule has 4 heteroatoms. The summed E-state index contributed by atoms with van der Waals surface area (Å²) >= 11 is 0. The van der Waals surface area contributed by atoms with Crippen LogP contribution in [-0.4, -0.2) is 32.0 Å². The highest BCUT2D eigenvalue weighted by molar-refractivity contribution is 5.45. The van der Waals surface area contributed by atoms with E-state index in [0.717, 1.165) is 18.4 Å². The number of hydrogen-bond acceptors (Lipinski definition) is 4. The van der Waals surface area contributed by atoms with Crippen molar-refractivity contribution in [3.8, 4) is 11.5 Å². The molecule has 0 heterocycles. The molecule has 0 aliphatic carbocycles. The Bertz CT molecular complexity index is 349. The summed E-state index contributed by atoms with van der Waals surface area (Å²) in [6.07, 6.45) is 2.16. The Morgan fingerprint density at radius 2 is 2.11 bits per heavy atom. The number of hydrogen-bond donors (Lipinski definition) is 2. The second kappa shape index (κ2) is 7.95. The van der Waals surface area contributed by atoms with Crippen molar-refractivity contribution in [3.63, 3.8) is 0 Å². The van der Waals surface area contributed by atoms with E-state index in [9.17, 15) is 5.11 Å². The molecule has 0 radical (unpaired) electrons. The monoisotopic (exact) mass is 253 g/mol. The van der Waals surface area contributed by atoms with E-state index >= 15 is 0 Å². The molecule has 0 aliphatic heterocycles. The first-order valence-electron chi connectivity index (χ1n) is 6.30. The van der Waals surface area contributed by atoms with Crippen molar-refractivity contribution >= 4 is 0 Å². The van der Waals surface area contributed by atoms with Crippen LogP contribution < -0.4 is 10.1 Å². The fourth-order valence-electron chi connectivity index (χ4n) is 1.92. The first-order chi connectivity index (χ1) is 8.72. The molecule has 102 valence electrons. The van der Waals surface area contributed by atoms with E-state index < -0.39 is 0 Å². The highest BCUT2D eigenvalue weighted by Gasteiger charge is 2.10. The largest absolute Gasteiger partial charge is 0.504 e. The SMILES string of the molecule is CCCC(COC)NCc1cccc(OC)c1O. The smallest absolute Gasteiger partial charge is 0.162 e. The molecular weight excluding hydrogens is 230 g/mol. The number of nitrogens with one attached hydrogen (secondary N) is 1. The number of methoxy groups -OCH3 is 2. The summed E-state index contributed by atoms with van der Waals surface area (Å²) < 4.78 is 10.3. The molecule has 1 aromatic rings. The van der Waals surface area contributed by atoms with Crippen LogP contribution in [0.15, 0.2) is 18.2 Å². The Kier molecular flexibility index (Phi) is 6.54. The van der Waals surface area contributed by atoms with Crippen molar-refractivity contribution < 1.29 is 14.6 Å². The molecule has 1 atom stereocenters. The zero-order valence-electron chi connectivity index (χ0n) is 11.4. The molecule has 0 saturated heterocycles. The molecule has 0 aliphatic rings. The summed E-state index contributed by atoms with van der Waals surface area (Å²) in [6, 6.07) is 5.82. The van der Waals surface area contributed by atoms with Gasteiger partial charge in [-0.15, -0.1) is 0 Å². The Morgan fingerprint density at radius 1 is 1.33 bits per heavy atom. The fourth-order valence-corrected chi connectivity index (χ4v) is 1.92. The summed E-state index contributed by atoms with van der Waals surface area (Å²) in [7, 11) is 3.25. The number of phenols is 1. The van der Waals surface area contributed by atoms with E-state index in [-0.39, 0.29) is 5.75 Å². The molecule has 0 spiro atoms. The number of ether oxygens (including phenoxy) is 2. The second-order valence-electron chi connectivity index (χ2n) is 4.29. The van der Waals surface area contributed by atoms with Gasteiger partial charge in [0.1, 0.15) is 0 Å². The van der Waals surface area contributed by atoms with Gasteiger partial charge in [0.15, 0.2) is 11.5 Å². The highest BCUT2D eigenvalue weighted by Crippen LogP contribution is 2.29. The molecule has 4 nitrogen and oxygen atoms in total. The van der Waals surface area contributed by atoms with Crippen LogP contribution >= 0.6 is 0 Å². The van der Waals surface area contributed by atoms with Gasteiger partial charge in [0.05, 0.1) is 13.7 Å². The van der Waals surface area contributed by atoms with E-state index in [2.05, 4.69) is 12.2 Å².